The molecule has 126 valence electrons. The molecule has 0 fully saturated rings. The topological polar surface area (TPSA) is 87.4 Å². The van der Waals surface area contributed by atoms with E-state index < -0.39 is 5.69 Å². The highest BCUT2D eigenvalue weighted by atomic mass is 35.5. The zero-order valence-corrected chi connectivity index (χ0v) is 15.1. The minimum atomic E-state index is -0.471. The first-order valence-electron chi connectivity index (χ1n) is 7.44. The van der Waals surface area contributed by atoms with Crippen molar-refractivity contribution in [3.63, 3.8) is 0 Å². The molecule has 2 heterocycles. The van der Waals surface area contributed by atoms with Gasteiger partial charge in [0.25, 0.3) is 0 Å². The molecule has 3 rings (SSSR count). The van der Waals surface area contributed by atoms with Gasteiger partial charge in [-0.05, 0) is 26.0 Å². The predicted octanol–water partition coefficient (Wildman–Crippen LogP) is 3.39. The van der Waals surface area contributed by atoms with Crippen LogP contribution in [0.1, 0.15) is 22.5 Å². The van der Waals surface area contributed by atoms with Crippen molar-refractivity contribution >= 4 is 23.4 Å². The van der Waals surface area contributed by atoms with Crippen molar-refractivity contribution in [3.8, 4) is 11.8 Å². The van der Waals surface area contributed by atoms with E-state index in [4.69, 9.17) is 11.6 Å². The Bertz CT molecular complexity index is 1020. The van der Waals surface area contributed by atoms with Crippen molar-refractivity contribution in [3.05, 3.63) is 68.5 Å². The summed E-state index contributed by atoms with van der Waals surface area (Å²) in [5.41, 5.74) is 2.92. The van der Waals surface area contributed by atoms with E-state index in [2.05, 4.69) is 21.1 Å². The normalized spacial score (nSPS) is 10.6. The predicted molar refractivity (Wildman–Crippen MR) is 97.2 cm³/mol. The number of aromatic amines is 1. The number of benzene rings is 1. The Labute approximate surface area is 153 Å². The molecule has 0 radical (unpaired) electrons. The Morgan fingerprint density at radius 3 is 2.72 bits per heavy atom. The summed E-state index contributed by atoms with van der Waals surface area (Å²) < 4.78 is 1.68. The molecule has 8 heteroatoms. The summed E-state index contributed by atoms with van der Waals surface area (Å²) in [6, 6.07) is 11.7. The van der Waals surface area contributed by atoms with Gasteiger partial charge in [-0.15, -0.1) is 0 Å². The van der Waals surface area contributed by atoms with Gasteiger partial charge in [-0.2, -0.15) is 15.3 Å². The third-order valence-corrected chi connectivity index (χ3v) is 5.06. The van der Waals surface area contributed by atoms with Crippen LogP contribution in [0.25, 0.3) is 5.69 Å². The number of aromatic nitrogens is 4. The Kier molecular flexibility index (Phi) is 4.93. The number of halogens is 1. The minimum absolute atomic E-state index is 0.369. The van der Waals surface area contributed by atoms with E-state index >= 15 is 0 Å². The number of para-hydroxylation sites is 1. The average Bonchev–Trinajstić information content (AvgIpc) is 2.87. The highest BCUT2D eigenvalue weighted by Gasteiger charge is 2.17. The number of H-pyrrole nitrogens is 1. The van der Waals surface area contributed by atoms with Crippen molar-refractivity contribution in [1.82, 2.24) is 19.7 Å². The monoisotopic (exact) mass is 371 g/mol. The van der Waals surface area contributed by atoms with Crippen LogP contribution >= 0.6 is 23.4 Å². The summed E-state index contributed by atoms with van der Waals surface area (Å²) in [5.74, 6) is 0.460. The van der Waals surface area contributed by atoms with E-state index in [-0.39, 0.29) is 0 Å². The molecule has 0 saturated heterocycles. The van der Waals surface area contributed by atoms with Crippen LogP contribution in [0.15, 0.2) is 40.2 Å². The van der Waals surface area contributed by atoms with Crippen LogP contribution in [-0.4, -0.2) is 19.7 Å². The first-order valence-corrected chi connectivity index (χ1v) is 8.81. The molecular formula is C17H14ClN5OS. The summed E-state index contributed by atoms with van der Waals surface area (Å²) in [6.07, 6.45) is 0. The van der Waals surface area contributed by atoms with Gasteiger partial charge in [0.05, 0.1) is 11.4 Å². The van der Waals surface area contributed by atoms with Crippen molar-refractivity contribution < 1.29 is 0 Å². The molecule has 2 aromatic heterocycles. The third-order valence-electron chi connectivity index (χ3n) is 3.67. The zero-order chi connectivity index (χ0) is 18.0. The largest absolute Gasteiger partial charge is 0.346 e. The number of hydrogen-bond acceptors (Lipinski definition) is 5. The molecule has 0 bridgehead atoms. The van der Waals surface area contributed by atoms with Gasteiger partial charge < -0.3 is 4.98 Å². The number of aryl methyl sites for hydroxylation is 2. The Balaban J connectivity index is 1.92. The highest BCUT2D eigenvalue weighted by Crippen LogP contribution is 2.30. The van der Waals surface area contributed by atoms with Gasteiger partial charge in [0.15, 0.2) is 0 Å². The SMILES string of the molecule is Cc1nn(-c2ccccc2)c(Cl)c1CSc1nc(=O)[nH]c(C)c1C#N. The lowest BCUT2D eigenvalue weighted by molar-refractivity contribution is 0.863. The standard InChI is InChI=1S/C17H14ClN5OS/c1-10-13(8-19)16(21-17(24)20-10)25-9-14-11(2)22-23(15(14)18)12-6-4-3-5-7-12/h3-7H,9H2,1-2H3,(H,20,21,24). The molecule has 0 aliphatic rings. The fourth-order valence-electron chi connectivity index (χ4n) is 2.37. The van der Waals surface area contributed by atoms with E-state index in [1.54, 1.807) is 11.6 Å². The molecule has 3 aromatic rings. The van der Waals surface area contributed by atoms with Crippen LogP contribution in [0.5, 0.6) is 0 Å². The number of nitrogens with one attached hydrogen (secondary N) is 1. The molecule has 6 nitrogen and oxygen atoms in total. The Morgan fingerprint density at radius 2 is 2.04 bits per heavy atom. The second-order valence-electron chi connectivity index (χ2n) is 5.35. The first-order chi connectivity index (χ1) is 12.0. The Hall–Kier alpha value is -2.56. The number of hydrogen-bond donors (Lipinski definition) is 1. The molecular weight excluding hydrogens is 358 g/mol. The molecule has 0 saturated carbocycles. The van der Waals surface area contributed by atoms with Gasteiger partial charge in [-0.3, -0.25) is 0 Å². The molecule has 1 N–H and O–H groups in total. The summed E-state index contributed by atoms with van der Waals surface area (Å²) in [7, 11) is 0. The van der Waals surface area contributed by atoms with E-state index in [1.807, 2.05) is 37.3 Å². The zero-order valence-electron chi connectivity index (χ0n) is 13.6. The van der Waals surface area contributed by atoms with Gasteiger partial charge in [0.2, 0.25) is 0 Å². The third kappa shape index (κ3) is 3.45. The lowest BCUT2D eigenvalue weighted by Crippen LogP contribution is -2.14. The van der Waals surface area contributed by atoms with Crippen molar-refractivity contribution in [2.24, 2.45) is 0 Å². The smallest absolute Gasteiger partial charge is 0.309 e. The van der Waals surface area contributed by atoms with Crippen LogP contribution in [-0.2, 0) is 5.75 Å². The second kappa shape index (κ2) is 7.13. The van der Waals surface area contributed by atoms with Crippen LogP contribution in [0.2, 0.25) is 5.15 Å². The summed E-state index contributed by atoms with van der Waals surface area (Å²) in [6.45, 7) is 3.56. The summed E-state index contributed by atoms with van der Waals surface area (Å²) in [4.78, 5) is 18.0. The molecule has 0 unspecified atom stereocenters. The maximum Gasteiger partial charge on any atom is 0.346 e. The van der Waals surface area contributed by atoms with Gasteiger partial charge in [-0.1, -0.05) is 41.6 Å². The van der Waals surface area contributed by atoms with E-state index in [1.165, 1.54) is 11.8 Å². The lowest BCUT2D eigenvalue weighted by atomic mass is 10.3. The molecule has 0 atom stereocenters. The lowest BCUT2D eigenvalue weighted by Gasteiger charge is -2.05. The van der Waals surface area contributed by atoms with E-state index in [9.17, 15) is 10.1 Å². The second-order valence-corrected chi connectivity index (χ2v) is 6.67. The number of rotatable bonds is 4. The first kappa shape index (κ1) is 17.3. The van der Waals surface area contributed by atoms with E-state index in [0.29, 0.717) is 27.2 Å². The van der Waals surface area contributed by atoms with Crippen LogP contribution < -0.4 is 5.69 Å². The van der Waals surface area contributed by atoms with Gasteiger partial charge >= 0.3 is 5.69 Å². The highest BCUT2D eigenvalue weighted by molar-refractivity contribution is 7.98. The van der Waals surface area contributed by atoms with Crippen molar-refractivity contribution in [2.75, 3.05) is 0 Å². The number of thioether (sulfide) groups is 1. The van der Waals surface area contributed by atoms with Gasteiger partial charge in [0.1, 0.15) is 21.8 Å². The van der Waals surface area contributed by atoms with Gasteiger partial charge in [-0.25, -0.2) is 9.48 Å². The maximum atomic E-state index is 11.6. The maximum absolute atomic E-state index is 11.6. The average molecular weight is 372 g/mol. The fourth-order valence-corrected chi connectivity index (χ4v) is 3.91. The van der Waals surface area contributed by atoms with Crippen molar-refractivity contribution in [1.29, 1.82) is 5.26 Å². The molecule has 0 amide bonds. The molecule has 0 aliphatic carbocycles. The van der Waals surface area contributed by atoms with Crippen LogP contribution in [0.3, 0.4) is 0 Å². The molecule has 0 aliphatic heterocycles. The summed E-state index contributed by atoms with van der Waals surface area (Å²) >= 11 is 7.80. The number of nitriles is 1. The quantitative estimate of drug-likeness (QED) is 0.561. The number of nitrogens with zero attached hydrogens (tertiary/aromatic N) is 4. The van der Waals surface area contributed by atoms with E-state index in [0.717, 1.165) is 16.9 Å². The molecule has 1 aromatic carbocycles. The summed E-state index contributed by atoms with van der Waals surface area (Å²) in [5, 5.41) is 14.7. The van der Waals surface area contributed by atoms with Crippen molar-refractivity contribution in [2.45, 2.75) is 24.6 Å². The fraction of sp³-hybridized carbons (Fsp3) is 0.176. The van der Waals surface area contributed by atoms with Crippen LogP contribution in [0.4, 0.5) is 0 Å². The Morgan fingerprint density at radius 1 is 1.32 bits per heavy atom. The molecule has 25 heavy (non-hydrogen) atoms. The van der Waals surface area contributed by atoms with Crippen LogP contribution in [0, 0.1) is 25.2 Å². The van der Waals surface area contributed by atoms with Gasteiger partial charge in [0, 0.05) is 17.0 Å². The minimum Gasteiger partial charge on any atom is -0.309 e. The molecule has 0 spiro atoms.